The Balaban J connectivity index is 1.53. The molecular formula is C30H31ClN4O5. The molecule has 0 saturated heterocycles. The Hall–Kier alpha value is -4.11. The van der Waals surface area contributed by atoms with Gasteiger partial charge in [0.25, 0.3) is 5.91 Å². The van der Waals surface area contributed by atoms with Crippen molar-refractivity contribution in [2.75, 3.05) is 27.4 Å². The van der Waals surface area contributed by atoms with Crippen LogP contribution < -0.4 is 9.47 Å². The molecule has 0 spiro atoms. The van der Waals surface area contributed by atoms with Gasteiger partial charge in [-0.15, -0.1) is 5.10 Å². The van der Waals surface area contributed by atoms with Gasteiger partial charge in [-0.25, -0.2) is 4.68 Å². The molecule has 5 rings (SSSR count). The maximum atomic E-state index is 13.5. The number of amides is 1. The van der Waals surface area contributed by atoms with Gasteiger partial charge in [0.2, 0.25) is 0 Å². The Morgan fingerprint density at radius 1 is 1.07 bits per heavy atom. The lowest BCUT2D eigenvalue weighted by Gasteiger charge is -2.32. The van der Waals surface area contributed by atoms with Crippen molar-refractivity contribution in [2.45, 2.75) is 32.2 Å². The van der Waals surface area contributed by atoms with E-state index < -0.39 is 0 Å². The van der Waals surface area contributed by atoms with Crippen LogP contribution >= 0.6 is 11.6 Å². The molecule has 0 bridgehead atoms. The number of fused-ring (bicyclic) bond motifs is 2. The highest BCUT2D eigenvalue weighted by molar-refractivity contribution is 6.30. The van der Waals surface area contributed by atoms with Crippen LogP contribution in [-0.2, 0) is 29.5 Å². The normalized spacial score (nSPS) is 13.6. The first kappa shape index (κ1) is 27.5. The standard InChI is InChI=1S/C30H31ClN4O5/c1-5-40-28(36)16-24(19-13-25-29(27(14-19)39-4)34(2)33-32-25)22-8-6-7-18-17-35(12-11-21(18)22)30(37)23-10-9-20(31)15-26(23)38-3/h6-10,13-15,24H,5,11-12,16-17H2,1-4H3. The van der Waals surface area contributed by atoms with Gasteiger partial charge in [0.1, 0.15) is 22.5 Å². The summed E-state index contributed by atoms with van der Waals surface area (Å²) in [6.07, 6.45) is 0.792. The van der Waals surface area contributed by atoms with E-state index in [0.29, 0.717) is 53.7 Å². The molecule has 0 saturated carbocycles. The highest BCUT2D eigenvalue weighted by atomic mass is 35.5. The molecule has 10 heteroatoms. The van der Waals surface area contributed by atoms with Crippen molar-refractivity contribution in [1.29, 1.82) is 0 Å². The number of methoxy groups -OCH3 is 2. The molecular weight excluding hydrogens is 532 g/mol. The van der Waals surface area contributed by atoms with Gasteiger partial charge in [-0.3, -0.25) is 9.59 Å². The summed E-state index contributed by atoms with van der Waals surface area (Å²) in [6, 6.07) is 15.0. The first-order valence-corrected chi connectivity index (χ1v) is 13.5. The second-order valence-electron chi connectivity index (χ2n) is 9.67. The predicted octanol–water partition coefficient (Wildman–Crippen LogP) is 4.92. The molecule has 0 N–H and O–H groups in total. The topological polar surface area (TPSA) is 95.8 Å². The lowest BCUT2D eigenvalue weighted by atomic mass is 9.82. The molecule has 9 nitrogen and oxygen atoms in total. The molecule has 1 aliphatic rings. The van der Waals surface area contributed by atoms with E-state index in [9.17, 15) is 9.59 Å². The lowest BCUT2D eigenvalue weighted by Crippen LogP contribution is -2.36. The summed E-state index contributed by atoms with van der Waals surface area (Å²) in [5.74, 6) is 0.372. The molecule has 2 heterocycles. The molecule has 1 aromatic heterocycles. The molecule has 1 aliphatic heterocycles. The van der Waals surface area contributed by atoms with Crippen molar-refractivity contribution in [3.05, 3.63) is 81.4 Å². The SMILES string of the molecule is CCOC(=O)CC(c1cc(OC)c2c(c1)nnn2C)c1cccc2c1CCN(C(=O)c1ccc(Cl)cc1OC)C2. The lowest BCUT2D eigenvalue weighted by molar-refractivity contribution is -0.143. The Morgan fingerprint density at radius 2 is 1.88 bits per heavy atom. The summed E-state index contributed by atoms with van der Waals surface area (Å²) in [6.45, 7) is 3.06. The first-order valence-electron chi connectivity index (χ1n) is 13.1. The fraction of sp³-hybridized carbons (Fsp3) is 0.333. The summed E-state index contributed by atoms with van der Waals surface area (Å²) in [7, 11) is 4.95. The number of benzene rings is 3. The average molecular weight is 563 g/mol. The van der Waals surface area contributed by atoms with Crippen LogP contribution in [0.25, 0.3) is 11.0 Å². The van der Waals surface area contributed by atoms with E-state index >= 15 is 0 Å². The minimum atomic E-state index is -0.298. The van der Waals surface area contributed by atoms with Gasteiger partial charge in [-0.05, 0) is 65.9 Å². The molecule has 40 heavy (non-hydrogen) atoms. The van der Waals surface area contributed by atoms with Crippen LogP contribution in [0.3, 0.4) is 0 Å². The smallest absolute Gasteiger partial charge is 0.306 e. The number of halogens is 1. The number of ether oxygens (including phenoxy) is 3. The number of nitrogens with zero attached hydrogens (tertiary/aromatic N) is 4. The van der Waals surface area contributed by atoms with Crippen LogP contribution in [0, 0.1) is 0 Å². The number of aromatic nitrogens is 3. The van der Waals surface area contributed by atoms with Crippen molar-refractivity contribution in [3.63, 3.8) is 0 Å². The van der Waals surface area contributed by atoms with Crippen LogP contribution in [0.5, 0.6) is 11.5 Å². The second-order valence-corrected chi connectivity index (χ2v) is 10.1. The van der Waals surface area contributed by atoms with Gasteiger partial charge in [-0.2, -0.15) is 0 Å². The van der Waals surface area contributed by atoms with Gasteiger partial charge in [0.05, 0.1) is 32.8 Å². The third-order valence-corrected chi connectivity index (χ3v) is 7.58. The van der Waals surface area contributed by atoms with Crippen molar-refractivity contribution >= 4 is 34.5 Å². The Morgan fingerprint density at radius 3 is 2.62 bits per heavy atom. The van der Waals surface area contributed by atoms with Crippen LogP contribution in [-0.4, -0.2) is 59.1 Å². The minimum absolute atomic E-state index is 0.120. The number of carbonyl (C=O) groups is 2. The zero-order valence-corrected chi connectivity index (χ0v) is 23.7. The molecule has 1 amide bonds. The number of rotatable bonds is 8. The summed E-state index contributed by atoms with van der Waals surface area (Å²) >= 11 is 6.10. The molecule has 208 valence electrons. The number of esters is 1. The Labute approximate surface area is 237 Å². The molecule has 1 atom stereocenters. The van der Waals surface area contributed by atoms with E-state index in [0.717, 1.165) is 27.8 Å². The zero-order chi connectivity index (χ0) is 28.4. The number of hydrogen-bond acceptors (Lipinski definition) is 7. The van der Waals surface area contributed by atoms with Crippen molar-refractivity contribution in [3.8, 4) is 11.5 Å². The van der Waals surface area contributed by atoms with E-state index in [2.05, 4.69) is 16.4 Å². The van der Waals surface area contributed by atoms with E-state index in [4.69, 9.17) is 25.8 Å². The Kier molecular flexibility index (Phi) is 7.93. The monoisotopic (exact) mass is 562 g/mol. The first-order chi connectivity index (χ1) is 19.3. The van der Waals surface area contributed by atoms with Gasteiger partial charge < -0.3 is 19.1 Å². The van der Waals surface area contributed by atoms with E-state index in [1.807, 2.05) is 36.2 Å². The van der Waals surface area contributed by atoms with Gasteiger partial charge in [0.15, 0.2) is 0 Å². The Bertz CT molecular complexity index is 1580. The third kappa shape index (κ3) is 5.21. The highest BCUT2D eigenvalue weighted by Crippen LogP contribution is 2.38. The minimum Gasteiger partial charge on any atom is -0.496 e. The largest absolute Gasteiger partial charge is 0.496 e. The predicted molar refractivity (Wildman–Crippen MR) is 151 cm³/mol. The van der Waals surface area contributed by atoms with Crippen LogP contribution in [0.2, 0.25) is 5.02 Å². The van der Waals surface area contributed by atoms with Crippen LogP contribution in [0.4, 0.5) is 0 Å². The zero-order valence-electron chi connectivity index (χ0n) is 22.9. The number of carbonyl (C=O) groups excluding carboxylic acids is 2. The van der Waals surface area contributed by atoms with Gasteiger partial charge in [-0.1, -0.05) is 35.0 Å². The molecule has 0 fully saturated rings. The molecule has 1 unspecified atom stereocenters. The summed E-state index contributed by atoms with van der Waals surface area (Å²) in [5, 5.41) is 8.95. The molecule has 3 aromatic carbocycles. The highest BCUT2D eigenvalue weighted by Gasteiger charge is 2.29. The molecule has 0 aliphatic carbocycles. The second kappa shape index (κ2) is 11.6. The fourth-order valence-electron chi connectivity index (χ4n) is 5.48. The van der Waals surface area contributed by atoms with E-state index in [-0.39, 0.29) is 24.2 Å². The fourth-order valence-corrected chi connectivity index (χ4v) is 5.64. The summed E-state index contributed by atoms with van der Waals surface area (Å²) < 4.78 is 18.1. The van der Waals surface area contributed by atoms with Crippen molar-refractivity contribution in [1.82, 2.24) is 19.9 Å². The van der Waals surface area contributed by atoms with Crippen molar-refractivity contribution < 1.29 is 23.8 Å². The number of hydrogen-bond donors (Lipinski definition) is 0. The van der Waals surface area contributed by atoms with Gasteiger partial charge >= 0.3 is 5.97 Å². The summed E-state index contributed by atoms with van der Waals surface area (Å²) in [5.41, 5.74) is 6.00. The van der Waals surface area contributed by atoms with Gasteiger partial charge in [0, 0.05) is 31.1 Å². The maximum Gasteiger partial charge on any atom is 0.306 e. The summed E-state index contributed by atoms with van der Waals surface area (Å²) in [4.78, 5) is 28.1. The molecule has 0 radical (unpaired) electrons. The third-order valence-electron chi connectivity index (χ3n) is 7.34. The van der Waals surface area contributed by atoms with E-state index in [1.54, 1.807) is 36.9 Å². The van der Waals surface area contributed by atoms with Crippen LogP contribution in [0.15, 0.2) is 48.5 Å². The van der Waals surface area contributed by atoms with Crippen LogP contribution in [0.1, 0.15) is 51.9 Å². The average Bonchev–Trinajstić information content (AvgIpc) is 3.35. The quantitative estimate of drug-likeness (QED) is 0.281. The number of aryl methyl sites for hydroxylation is 1. The molecule has 4 aromatic rings. The van der Waals surface area contributed by atoms with Crippen molar-refractivity contribution in [2.24, 2.45) is 7.05 Å². The van der Waals surface area contributed by atoms with E-state index in [1.165, 1.54) is 7.11 Å². The maximum absolute atomic E-state index is 13.5.